The van der Waals surface area contributed by atoms with Gasteiger partial charge >= 0.3 is 17.9 Å². The average Bonchev–Trinajstić information content (AvgIpc) is 3.45. The summed E-state index contributed by atoms with van der Waals surface area (Å²) in [7, 11) is 1.28. The predicted octanol–water partition coefficient (Wildman–Crippen LogP) is 3.82. The Hall–Kier alpha value is -3.53. The van der Waals surface area contributed by atoms with Gasteiger partial charge in [0.25, 0.3) is 0 Å². The lowest BCUT2D eigenvalue weighted by atomic mass is 9.57. The summed E-state index contributed by atoms with van der Waals surface area (Å²) >= 11 is 0. The van der Waals surface area contributed by atoms with Crippen LogP contribution in [-0.2, 0) is 38.2 Å². The number of ketones is 2. The predicted molar refractivity (Wildman–Crippen MR) is 144 cm³/mol. The quantitative estimate of drug-likeness (QED) is 0.379. The molecule has 10 heteroatoms. The summed E-state index contributed by atoms with van der Waals surface area (Å²) in [6, 6.07) is 1.64. The average molecular weight is 571 g/mol. The molecule has 0 aromatic carbocycles. The molecule has 2 aliphatic carbocycles. The van der Waals surface area contributed by atoms with Gasteiger partial charge in [-0.3, -0.25) is 19.2 Å². The third-order valence-corrected chi connectivity index (χ3v) is 9.02. The van der Waals surface area contributed by atoms with Crippen molar-refractivity contribution in [3.8, 4) is 0 Å². The summed E-state index contributed by atoms with van der Waals surface area (Å²) in [4.78, 5) is 65.8. The van der Waals surface area contributed by atoms with Crippen molar-refractivity contribution in [1.82, 2.24) is 0 Å². The first kappa shape index (κ1) is 30.4. The van der Waals surface area contributed by atoms with Gasteiger partial charge in [0.05, 0.1) is 25.6 Å². The van der Waals surface area contributed by atoms with Gasteiger partial charge in [-0.25, -0.2) is 4.79 Å². The Balaban J connectivity index is 1.81. The van der Waals surface area contributed by atoms with Crippen LogP contribution in [0.1, 0.15) is 72.5 Å². The molecule has 1 N–H and O–H groups in total. The van der Waals surface area contributed by atoms with Crippen molar-refractivity contribution in [2.45, 2.75) is 78.6 Å². The largest absolute Gasteiger partial charge is 0.472 e. The van der Waals surface area contributed by atoms with E-state index < -0.39 is 75.9 Å². The molecule has 2 heterocycles. The van der Waals surface area contributed by atoms with Crippen molar-refractivity contribution in [3.63, 3.8) is 0 Å². The van der Waals surface area contributed by atoms with E-state index in [2.05, 4.69) is 0 Å². The number of allylic oxidation sites excluding steroid dienone is 1. The number of furan rings is 1. The fourth-order valence-corrected chi connectivity index (χ4v) is 6.45. The zero-order valence-corrected chi connectivity index (χ0v) is 24.5. The molecule has 0 saturated heterocycles. The van der Waals surface area contributed by atoms with E-state index in [1.54, 1.807) is 39.8 Å². The van der Waals surface area contributed by atoms with E-state index in [-0.39, 0.29) is 30.4 Å². The summed E-state index contributed by atoms with van der Waals surface area (Å²) in [5, 5.41) is 12.2. The maximum atomic E-state index is 14.2. The van der Waals surface area contributed by atoms with Crippen LogP contribution >= 0.6 is 0 Å². The molecule has 6 atom stereocenters. The first-order valence-electron chi connectivity index (χ1n) is 13.8. The van der Waals surface area contributed by atoms with Gasteiger partial charge in [-0.05, 0) is 30.2 Å². The lowest BCUT2D eigenvalue weighted by Crippen LogP contribution is -2.61. The number of carbonyl (C=O) groups is 5. The highest BCUT2D eigenvalue weighted by molar-refractivity contribution is 6.10. The number of Topliss-reactive ketones (excluding diaryl/α,β-unsaturated/α-hetero) is 2. The second kappa shape index (κ2) is 10.7. The third-order valence-electron chi connectivity index (χ3n) is 9.02. The maximum absolute atomic E-state index is 14.2. The molecule has 222 valence electrons. The first-order chi connectivity index (χ1) is 19.1. The monoisotopic (exact) mass is 570 g/mol. The van der Waals surface area contributed by atoms with Crippen molar-refractivity contribution in [2.75, 3.05) is 7.11 Å². The van der Waals surface area contributed by atoms with Crippen LogP contribution < -0.4 is 0 Å². The lowest BCUT2D eigenvalue weighted by Gasteiger charge is -2.50. The minimum Gasteiger partial charge on any atom is -0.472 e. The van der Waals surface area contributed by atoms with Gasteiger partial charge in [0.1, 0.15) is 6.10 Å². The molecule has 3 aliphatic rings. The molecule has 0 radical (unpaired) electrons. The second-order valence-electron chi connectivity index (χ2n) is 12.5. The molecule has 0 spiro atoms. The van der Waals surface area contributed by atoms with Crippen LogP contribution in [-0.4, -0.2) is 53.4 Å². The molecule has 1 saturated carbocycles. The van der Waals surface area contributed by atoms with Gasteiger partial charge < -0.3 is 23.7 Å². The number of rotatable bonds is 7. The van der Waals surface area contributed by atoms with E-state index in [1.165, 1.54) is 19.6 Å². The summed E-state index contributed by atoms with van der Waals surface area (Å²) in [6.45, 7) is 10.3. The molecular formula is C31H38O10. The van der Waals surface area contributed by atoms with Crippen molar-refractivity contribution in [2.24, 2.45) is 28.6 Å². The molecule has 0 bridgehead atoms. The van der Waals surface area contributed by atoms with Crippen molar-refractivity contribution in [1.29, 1.82) is 0 Å². The van der Waals surface area contributed by atoms with Crippen molar-refractivity contribution in [3.05, 3.63) is 47.5 Å². The topological polar surface area (TPSA) is 146 Å². The molecule has 41 heavy (non-hydrogen) atoms. The number of hydrogen-bond donors (Lipinski definition) is 1. The summed E-state index contributed by atoms with van der Waals surface area (Å²) in [5.41, 5.74) is -3.52. The number of esters is 3. The van der Waals surface area contributed by atoms with Gasteiger partial charge in [-0.15, -0.1) is 0 Å². The number of hydrogen-bond acceptors (Lipinski definition) is 10. The lowest BCUT2D eigenvalue weighted by molar-refractivity contribution is -0.179. The molecule has 1 fully saturated rings. The molecule has 4 rings (SSSR count). The van der Waals surface area contributed by atoms with Crippen molar-refractivity contribution < 1.29 is 47.7 Å². The number of ether oxygens (including phenoxy) is 3. The van der Waals surface area contributed by atoms with E-state index in [9.17, 15) is 29.1 Å². The zero-order valence-electron chi connectivity index (χ0n) is 24.5. The minimum absolute atomic E-state index is 0.0113. The Morgan fingerprint density at radius 1 is 1.15 bits per heavy atom. The summed E-state index contributed by atoms with van der Waals surface area (Å²) in [5.74, 6) is -4.93. The molecule has 0 amide bonds. The van der Waals surface area contributed by atoms with E-state index in [1.807, 2.05) is 13.8 Å². The molecular weight excluding hydrogens is 532 g/mol. The number of cyclic esters (lactones) is 1. The Kier molecular flexibility index (Phi) is 7.94. The van der Waals surface area contributed by atoms with E-state index in [4.69, 9.17) is 18.6 Å². The number of carbonyl (C=O) groups excluding carboxylic acids is 5. The van der Waals surface area contributed by atoms with Gasteiger partial charge in [0.2, 0.25) is 0 Å². The van der Waals surface area contributed by atoms with Gasteiger partial charge in [0.15, 0.2) is 23.3 Å². The third kappa shape index (κ3) is 5.18. The fourth-order valence-electron chi connectivity index (χ4n) is 6.45. The Morgan fingerprint density at radius 2 is 1.83 bits per heavy atom. The maximum Gasteiger partial charge on any atom is 0.331 e. The smallest absolute Gasteiger partial charge is 0.331 e. The Labute approximate surface area is 239 Å². The van der Waals surface area contributed by atoms with Gasteiger partial charge in [0, 0.05) is 40.5 Å². The van der Waals surface area contributed by atoms with E-state index in [0.717, 1.165) is 6.08 Å². The highest BCUT2D eigenvalue weighted by Crippen LogP contribution is 2.56. The Bertz CT molecular complexity index is 1320. The molecule has 1 aromatic rings. The van der Waals surface area contributed by atoms with Crippen molar-refractivity contribution >= 4 is 29.5 Å². The fraction of sp³-hybridized carbons (Fsp3) is 0.581. The SMILES string of the molecule is COC(=O)C[C@@H]1[C@@H](C)C(=O)C([C@@H](OC(=O)C(C)C)[C@@]2(O)CC[C@]3(C)C(=CC(=O)O[C@H]3c3ccoc3)C2=O)=CC1(C)C. The summed E-state index contributed by atoms with van der Waals surface area (Å²) < 4.78 is 21.4. The number of fused-ring (bicyclic) bond motifs is 1. The van der Waals surface area contributed by atoms with Crippen LogP contribution in [0.2, 0.25) is 0 Å². The highest BCUT2D eigenvalue weighted by Gasteiger charge is 2.61. The second-order valence-corrected chi connectivity index (χ2v) is 12.5. The van der Waals surface area contributed by atoms with E-state index in [0.29, 0.717) is 5.56 Å². The molecule has 0 unspecified atom stereocenters. The first-order valence-corrected chi connectivity index (χ1v) is 13.8. The normalized spacial score (nSPS) is 31.9. The number of aliphatic hydroxyl groups is 1. The Morgan fingerprint density at radius 3 is 2.41 bits per heavy atom. The van der Waals surface area contributed by atoms with Crippen LogP contribution in [0.3, 0.4) is 0 Å². The van der Waals surface area contributed by atoms with E-state index >= 15 is 0 Å². The van der Waals surface area contributed by atoms with Crippen LogP contribution in [0.25, 0.3) is 0 Å². The number of methoxy groups -OCH3 is 1. The van der Waals surface area contributed by atoms with Crippen LogP contribution in [0, 0.1) is 28.6 Å². The van der Waals surface area contributed by atoms with Crippen LogP contribution in [0.15, 0.2) is 46.3 Å². The molecule has 1 aliphatic heterocycles. The minimum atomic E-state index is -2.33. The standard InChI is InChI=1S/C31H38O10/c1-16(2)28(36)41-27(19-14-29(4,5)20(12-22(32)38-7)17(3)24(19)34)31(37)10-9-30(6)21(25(31)35)13-23(33)40-26(30)18-8-11-39-15-18/h8,11,13-17,20,26-27,37H,9-10,12H2,1-7H3/t17-,20-,26+,27-,30-,31-/m1/s1. The van der Waals surface area contributed by atoms with Crippen LogP contribution in [0.5, 0.6) is 0 Å². The summed E-state index contributed by atoms with van der Waals surface area (Å²) in [6.07, 6.45) is 3.05. The zero-order chi connectivity index (χ0) is 30.5. The molecule has 1 aromatic heterocycles. The van der Waals surface area contributed by atoms with Crippen LogP contribution in [0.4, 0.5) is 0 Å². The highest BCUT2D eigenvalue weighted by atomic mass is 16.6. The van der Waals surface area contributed by atoms with Gasteiger partial charge in [-0.1, -0.05) is 47.6 Å². The van der Waals surface area contributed by atoms with Gasteiger partial charge in [-0.2, -0.15) is 0 Å². The molecule has 10 nitrogen and oxygen atoms in total.